The van der Waals surface area contributed by atoms with Crippen LogP contribution in [0, 0.1) is 28.6 Å². The van der Waals surface area contributed by atoms with Gasteiger partial charge in [-0.15, -0.1) is 0 Å². The van der Waals surface area contributed by atoms with Gasteiger partial charge in [0.25, 0.3) is 0 Å². The summed E-state index contributed by atoms with van der Waals surface area (Å²) < 4.78 is 20.4. The van der Waals surface area contributed by atoms with E-state index in [1.54, 1.807) is 24.3 Å². The largest absolute Gasteiger partial charge is 0.488 e. The Morgan fingerprint density at radius 2 is 1.81 bits per heavy atom. The van der Waals surface area contributed by atoms with E-state index in [0.717, 1.165) is 10.8 Å². The molecule has 0 aliphatic carbocycles. The van der Waals surface area contributed by atoms with Crippen molar-refractivity contribution in [2.45, 2.75) is 12.6 Å². The Hall–Kier alpha value is -5.35. The van der Waals surface area contributed by atoms with Crippen molar-refractivity contribution < 1.29 is 9.13 Å². The number of anilines is 3. The first-order valence-electron chi connectivity index (χ1n) is 10.9. The van der Waals surface area contributed by atoms with Crippen LogP contribution in [-0.4, -0.2) is 10.9 Å². The maximum absolute atomic E-state index is 14.3. The van der Waals surface area contributed by atoms with Crippen molar-refractivity contribution in [3.63, 3.8) is 0 Å². The van der Waals surface area contributed by atoms with Gasteiger partial charge in [-0.05, 0) is 22.9 Å². The molecule has 1 unspecified atom stereocenters. The lowest BCUT2D eigenvalue weighted by atomic mass is 9.90. The zero-order chi connectivity index (χ0) is 25.2. The predicted molar refractivity (Wildman–Crippen MR) is 134 cm³/mol. The van der Waals surface area contributed by atoms with Crippen LogP contribution in [0.25, 0.3) is 10.8 Å². The molecule has 1 atom stereocenters. The lowest BCUT2D eigenvalue weighted by molar-refractivity contribution is 0.296. The third-order valence-electron chi connectivity index (χ3n) is 5.90. The van der Waals surface area contributed by atoms with Gasteiger partial charge in [0.2, 0.25) is 5.96 Å². The summed E-state index contributed by atoms with van der Waals surface area (Å²) in [5.41, 5.74) is 13.9. The minimum Gasteiger partial charge on any atom is -0.488 e. The molecule has 0 bridgehead atoms. The maximum Gasteiger partial charge on any atom is 0.211 e. The highest BCUT2D eigenvalue weighted by Gasteiger charge is 2.32. The second-order valence-electron chi connectivity index (χ2n) is 7.98. The molecule has 0 spiro atoms. The minimum absolute atomic E-state index is 0.0260. The zero-order valence-corrected chi connectivity index (χ0v) is 18.8. The number of rotatable bonds is 4. The Morgan fingerprint density at radius 3 is 2.58 bits per heavy atom. The van der Waals surface area contributed by atoms with E-state index in [-0.39, 0.29) is 41.3 Å². The summed E-state index contributed by atoms with van der Waals surface area (Å²) >= 11 is 0. The van der Waals surface area contributed by atoms with Crippen LogP contribution in [0.3, 0.4) is 0 Å². The number of guanidine groups is 1. The first-order chi connectivity index (χ1) is 17.5. The van der Waals surface area contributed by atoms with Crippen LogP contribution in [0.4, 0.5) is 21.7 Å². The summed E-state index contributed by atoms with van der Waals surface area (Å²) in [6.07, 6.45) is 1.84. The lowest BCUT2D eigenvalue weighted by Gasteiger charge is -2.28. The molecule has 1 aliphatic heterocycles. The molecule has 5 rings (SSSR count). The summed E-state index contributed by atoms with van der Waals surface area (Å²) in [4.78, 5) is 8.99. The molecule has 9 nitrogen and oxygen atoms in total. The SMILES string of the molecule is N#CNC1=NC(c2c(OCc3ccccc3F)ccc3ccccc23)c2c(nc(N)c(C#N)c2N)N1. The van der Waals surface area contributed by atoms with Crippen LogP contribution in [0.15, 0.2) is 65.7 Å². The van der Waals surface area contributed by atoms with Crippen LogP contribution in [0.2, 0.25) is 0 Å². The van der Waals surface area contributed by atoms with Crippen molar-refractivity contribution in [3.05, 3.63) is 88.7 Å². The van der Waals surface area contributed by atoms with E-state index >= 15 is 0 Å². The van der Waals surface area contributed by atoms with Gasteiger partial charge in [-0.25, -0.2) is 14.4 Å². The fourth-order valence-corrected chi connectivity index (χ4v) is 4.24. The number of aromatic nitrogens is 1. The monoisotopic (exact) mass is 478 g/mol. The number of nitrogens with two attached hydrogens (primary N) is 2. The molecule has 4 aromatic rings. The first-order valence-corrected chi connectivity index (χ1v) is 10.9. The molecular weight excluding hydrogens is 459 g/mol. The highest BCUT2D eigenvalue weighted by molar-refractivity contribution is 6.00. The van der Waals surface area contributed by atoms with Crippen LogP contribution < -0.4 is 26.8 Å². The standard InChI is InChI=1S/C26H19FN8O/c27-18-8-4-2-6-15(18)12-36-19-10-9-14-5-1-3-7-16(14)20(19)23-21-22(30)17(11-28)24(31)34-25(21)35-26(33-23)32-13-29/h1-10,23H,12H2,(H6,30,31,32,33,34,35). The average molecular weight is 478 g/mol. The summed E-state index contributed by atoms with van der Waals surface area (Å²) in [5, 5.41) is 26.0. The molecule has 0 saturated carbocycles. The number of halogens is 1. The predicted octanol–water partition coefficient (Wildman–Crippen LogP) is 3.93. The number of nitriles is 2. The second-order valence-corrected chi connectivity index (χ2v) is 7.98. The van der Waals surface area contributed by atoms with Crippen LogP contribution >= 0.6 is 0 Å². The highest BCUT2D eigenvalue weighted by atomic mass is 19.1. The Balaban J connectivity index is 1.74. The molecule has 1 aromatic heterocycles. The number of nitrogens with zero attached hydrogens (tertiary/aromatic N) is 4. The third kappa shape index (κ3) is 3.83. The molecule has 0 amide bonds. The molecule has 176 valence electrons. The number of benzene rings is 3. The minimum atomic E-state index is -0.820. The number of hydrogen-bond donors (Lipinski definition) is 4. The van der Waals surface area contributed by atoms with Crippen LogP contribution in [0.5, 0.6) is 5.75 Å². The quantitative estimate of drug-likeness (QED) is 0.254. The summed E-state index contributed by atoms with van der Waals surface area (Å²) in [6, 6.07) is 18.8. The molecular formula is C26H19FN8O. The van der Waals surface area contributed by atoms with E-state index in [2.05, 4.69) is 20.6 Å². The lowest BCUT2D eigenvalue weighted by Crippen LogP contribution is -2.33. The Labute approximate surface area is 205 Å². The van der Waals surface area contributed by atoms with Gasteiger partial charge >= 0.3 is 0 Å². The molecule has 0 radical (unpaired) electrons. The maximum atomic E-state index is 14.3. The fraction of sp³-hybridized carbons (Fsp3) is 0.0769. The van der Waals surface area contributed by atoms with Crippen molar-refractivity contribution in [3.8, 4) is 18.0 Å². The highest BCUT2D eigenvalue weighted by Crippen LogP contribution is 2.45. The summed E-state index contributed by atoms with van der Waals surface area (Å²) in [5.74, 6) is 0.388. The number of pyridine rings is 1. The Kier molecular flexibility index (Phi) is 5.69. The molecule has 6 N–H and O–H groups in total. The topological polar surface area (TPSA) is 158 Å². The second kappa shape index (κ2) is 9.12. The molecule has 2 heterocycles. The third-order valence-corrected chi connectivity index (χ3v) is 5.90. The zero-order valence-electron chi connectivity index (χ0n) is 18.8. The number of aliphatic imine (C=N–C) groups is 1. The number of nitrogen functional groups attached to an aromatic ring is 2. The van der Waals surface area contributed by atoms with Gasteiger partial charge in [0.1, 0.15) is 47.5 Å². The van der Waals surface area contributed by atoms with Crippen molar-refractivity contribution in [1.82, 2.24) is 10.3 Å². The van der Waals surface area contributed by atoms with E-state index in [1.807, 2.05) is 42.6 Å². The molecule has 10 heteroatoms. The number of ether oxygens (including phenoxy) is 1. The molecule has 1 aliphatic rings. The number of fused-ring (bicyclic) bond motifs is 2. The van der Waals surface area contributed by atoms with E-state index in [0.29, 0.717) is 22.4 Å². The van der Waals surface area contributed by atoms with E-state index < -0.39 is 6.04 Å². The summed E-state index contributed by atoms with van der Waals surface area (Å²) in [6.45, 7) is -0.0260. The number of nitrogens with one attached hydrogen (secondary N) is 2. The van der Waals surface area contributed by atoms with Gasteiger partial charge in [0.05, 0.1) is 5.69 Å². The van der Waals surface area contributed by atoms with Crippen LogP contribution in [-0.2, 0) is 6.61 Å². The fourth-order valence-electron chi connectivity index (χ4n) is 4.24. The van der Waals surface area contributed by atoms with Gasteiger partial charge in [0.15, 0.2) is 6.19 Å². The molecule has 0 saturated heterocycles. The first kappa shape index (κ1) is 22.4. The van der Waals surface area contributed by atoms with Gasteiger partial charge in [-0.2, -0.15) is 10.5 Å². The van der Waals surface area contributed by atoms with Crippen molar-refractivity contribution in [2.24, 2.45) is 4.99 Å². The summed E-state index contributed by atoms with van der Waals surface area (Å²) in [7, 11) is 0. The van der Waals surface area contributed by atoms with Crippen molar-refractivity contribution in [2.75, 3.05) is 16.8 Å². The van der Waals surface area contributed by atoms with Crippen molar-refractivity contribution >= 4 is 34.1 Å². The van der Waals surface area contributed by atoms with Gasteiger partial charge in [-0.3, -0.25) is 5.32 Å². The van der Waals surface area contributed by atoms with Gasteiger partial charge in [0, 0.05) is 16.7 Å². The van der Waals surface area contributed by atoms with Crippen LogP contribution in [0.1, 0.15) is 28.3 Å². The van der Waals surface area contributed by atoms with E-state index in [1.165, 1.54) is 6.07 Å². The average Bonchev–Trinajstić information content (AvgIpc) is 2.87. The van der Waals surface area contributed by atoms with Gasteiger partial charge in [-0.1, -0.05) is 48.5 Å². The van der Waals surface area contributed by atoms with Crippen molar-refractivity contribution in [1.29, 1.82) is 10.5 Å². The van der Waals surface area contributed by atoms with E-state index in [9.17, 15) is 14.9 Å². The van der Waals surface area contributed by atoms with Gasteiger partial charge < -0.3 is 21.5 Å². The smallest absolute Gasteiger partial charge is 0.211 e. The number of hydrogen-bond acceptors (Lipinski definition) is 9. The Bertz CT molecular complexity index is 1620. The molecule has 3 aromatic carbocycles. The molecule has 36 heavy (non-hydrogen) atoms. The Morgan fingerprint density at radius 1 is 1.03 bits per heavy atom. The molecule has 0 fully saturated rings. The van der Waals surface area contributed by atoms with E-state index in [4.69, 9.17) is 16.2 Å². The normalized spacial score (nSPS) is 14.1.